The van der Waals surface area contributed by atoms with Crippen molar-refractivity contribution < 1.29 is 21.1 Å². The van der Waals surface area contributed by atoms with E-state index in [1.807, 2.05) is 0 Å². The van der Waals surface area contributed by atoms with Gasteiger partial charge in [-0.05, 0) is 0 Å². The molecule has 2 aliphatic rings. The Hall–Kier alpha value is -3.52. The summed E-state index contributed by atoms with van der Waals surface area (Å²) in [4.78, 5) is 0. The van der Waals surface area contributed by atoms with Gasteiger partial charge >= 0.3 is 253 Å². The molecule has 0 bridgehead atoms. The fourth-order valence-corrected chi connectivity index (χ4v) is 10.4. The van der Waals surface area contributed by atoms with Crippen LogP contribution in [-0.4, -0.2) is 3.81 Å². The van der Waals surface area contributed by atoms with E-state index in [9.17, 15) is 0 Å². The first-order valence-corrected chi connectivity index (χ1v) is 16.7. The van der Waals surface area contributed by atoms with Gasteiger partial charge in [-0.15, -0.1) is 0 Å². The number of fused-ring (bicyclic) bond motifs is 3. The van der Waals surface area contributed by atoms with Crippen molar-refractivity contribution in [3.63, 3.8) is 0 Å². The molecule has 1 nitrogen and oxygen atoms in total. The predicted molar refractivity (Wildman–Crippen MR) is 171 cm³/mol. The number of hydrogen-bond acceptors (Lipinski definition) is 1. The van der Waals surface area contributed by atoms with Crippen LogP contribution in [-0.2, 0) is 23.2 Å². The SMILES string of the molecule is Cc1cc([O][Ti](=[C](c2ccccc2)c2ccccc2)[C]2(C)C=CC=C3C2=Cc2c(C)cccc23)cc(C(C)(C)C)c1. The first-order valence-electron chi connectivity index (χ1n) is 14.5. The molecule has 1 atom stereocenters. The van der Waals surface area contributed by atoms with E-state index in [1.54, 1.807) is 0 Å². The first-order chi connectivity index (χ1) is 19.6. The molecule has 0 radical (unpaired) electrons. The molecule has 0 aromatic heterocycles. The molecule has 1 unspecified atom stereocenters. The van der Waals surface area contributed by atoms with E-state index >= 15 is 0 Å². The zero-order chi connectivity index (χ0) is 28.8. The first kappa shape index (κ1) is 27.6. The second-order valence-electron chi connectivity index (χ2n) is 12.6. The van der Waals surface area contributed by atoms with Crippen LogP contribution in [0.4, 0.5) is 0 Å². The fourth-order valence-electron chi connectivity index (χ4n) is 6.12. The zero-order valence-corrected chi connectivity index (χ0v) is 26.5. The molecule has 0 fully saturated rings. The summed E-state index contributed by atoms with van der Waals surface area (Å²) in [5.41, 5.74) is 11.8. The van der Waals surface area contributed by atoms with Gasteiger partial charge in [-0.25, -0.2) is 0 Å². The van der Waals surface area contributed by atoms with E-state index in [0.717, 1.165) is 5.75 Å². The van der Waals surface area contributed by atoms with Crippen LogP contribution in [0.3, 0.4) is 0 Å². The van der Waals surface area contributed by atoms with Gasteiger partial charge < -0.3 is 0 Å². The van der Waals surface area contributed by atoms with Crippen molar-refractivity contribution in [3.8, 4) is 5.75 Å². The van der Waals surface area contributed by atoms with Crippen LogP contribution in [0.15, 0.2) is 121 Å². The predicted octanol–water partition coefficient (Wildman–Crippen LogP) is 10.0. The van der Waals surface area contributed by atoms with E-state index < -0.39 is 17.8 Å². The summed E-state index contributed by atoms with van der Waals surface area (Å²) in [7, 11) is 0. The van der Waals surface area contributed by atoms with Crippen molar-refractivity contribution in [3.05, 3.63) is 160 Å². The Morgan fingerprint density at radius 2 is 1.44 bits per heavy atom. The maximum atomic E-state index is 7.49. The molecule has 41 heavy (non-hydrogen) atoms. The summed E-state index contributed by atoms with van der Waals surface area (Å²) in [6.07, 6.45) is 9.43. The van der Waals surface area contributed by atoms with Crippen molar-refractivity contribution in [1.82, 2.24) is 0 Å². The van der Waals surface area contributed by atoms with Gasteiger partial charge in [-0.2, -0.15) is 0 Å². The van der Waals surface area contributed by atoms with Crippen molar-refractivity contribution in [2.45, 2.75) is 50.7 Å². The Morgan fingerprint density at radius 3 is 2.07 bits per heavy atom. The normalized spacial score (nSPS) is 17.3. The summed E-state index contributed by atoms with van der Waals surface area (Å²) in [6, 6.07) is 35.3. The molecular formula is C39H38OTi. The van der Waals surface area contributed by atoms with Gasteiger partial charge in [0.15, 0.2) is 0 Å². The van der Waals surface area contributed by atoms with Gasteiger partial charge in [-0.1, -0.05) is 0 Å². The number of aryl methyl sites for hydroxylation is 2. The Balaban J connectivity index is 1.64. The third-order valence-corrected chi connectivity index (χ3v) is 12.9. The van der Waals surface area contributed by atoms with Crippen LogP contribution in [0.25, 0.3) is 11.6 Å². The molecule has 0 aliphatic heterocycles. The monoisotopic (exact) mass is 570 g/mol. The maximum absolute atomic E-state index is 7.49. The van der Waals surface area contributed by atoms with Crippen LogP contribution in [0.2, 0.25) is 3.72 Å². The van der Waals surface area contributed by atoms with Crippen LogP contribution in [0, 0.1) is 13.8 Å². The Morgan fingerprint density at radius 1 is 0.780 bits per heavy atom. The average Bonchev–Trinajstić information content (AvgIpc) is 3.35. The van der Waals surface area contributed by atoms with Crippen LogP contribution < -0.4 is 3.32 Å². The van der Waals surface area contributed by atoms with Crippen LogP contribution in [0.5, 0.6) is 5.75 Å². The van der Waals surface area contributed by atoms with E-state index in [2.05, 4.69) is 163 Å². The minimum atomic E-state index is -2.73. The van der Waals surface area contributed by atoms with Crippen molar-refractivity contribution in [2.24, 2.45) is 0 Å². The summed E-state index contributed by atoms with van der Waals surface area (Å²) >= 11 is -2.73. The van der Waals surface area contributed by atoms with Gasteiger partial charge in [0.05, 0.1) is 0 Å². The minimum absolute atomic E-state index is 0.0351. The molecule has 0 amide bonds. The van der Waals surface area contributed by atoms with Crippen molar-refractivity contribution >= 4 is 15.5 Å². The number of benzene rings is 4. The third kappa shape index (κ3) is 5.18. The summed E-state index contributed by atoms with van der Waals surface area (Å²) in [5.74, 6) is 0.979. The number of hydrogen-bond donors (Lipinski definition) is 0. The average molecular weight is 571 g/mol. The molecule has 0 spiro atoms. The molecule has 2 aliphatic carbocycles. The summed E-state index contributed by atoms with van der Waals surface area (Å²) < 4.78 is 8.58. The molecule has 0 heterocycles. The standard InChI is InChI=1S/C15H13.C13H10.C11H16O.Ti/c1-10-5-3-7-12-13-8-4-6-11(2)15(13)9-14(10)12;1-3-7-12(8-4-1)11-13-9-5-2-6-10-13;1-8-5-9(11(2,3)4)7-10(12)6-8;/h3-9H,1-2H3;1-10H;5-7,12H,1-4H3;/q;;;+1/p-1. The zero-order valence-electron chi connectivity index (χ0n) is 25.0. The van der Waals surface area contributed by atoms with Gasteiger partial charge in [0.1, 0.15) is 0 Å². The summed E-state index contributed by atoms with van der Waals surface area (Å²) in [6.45, 7) is 13.7. The molecule has 0 saturated heterocycles. The van der Waals surface area contributed by atoms with E-state index in [1.165, 1.54) is 53.9 Å². The van der Waals surface area contributed by atoms with Crippen molar-refractivity contribution in [2.75, 3.05) is 0 Å². The van der Waals surface area contributed by atoms with Gasteiger partial charge in [0.25, 0.3) is 0 Å². The second kappa shape index (κ2) is 10.7. The molecule has 4 aromatic carbocycles. The molecule has 4 aromatic rings. The molecule has 2 heteroatoms. The van der Waals surface area contributed by atoms with E-state index in [4.69, 9.17) is 3.32 Å². The molecular weight excluding hydrogens is 532 g/mol. The van der Waals surface area contributed by atoms with Gasteiger partial charge in [-0.3, -0.25) is 0 Å². The molecule has 6 rings (SSSR count). The Kier molecular flexibility index (Phi) is 7.22. The Labute approximate surface area is 251 Å². The molecule has 0 saturated carbocycles. The quantitative estimate of drug-likeness (QED) is 0.217. The summed E-state index contributed by atoms with van der Waals surface area (Å²) in [5, 5.41) is 0. The molecule has 204 valence electrons. The Bertz CT molecular complexity index is 1710. The molecule has 0 N–H and O–H groups in total. The van der Waals surface area contributed by atoms with Crippen molar-refractivity contribution in [1.29, 1.82) is 0 Å². The van der Waals surface area contributed by atoms with Crippen LogP contribution >= 0.6 is 0 Å². The van der Waals surface area contributed by atoms with Gasteiger partial charge in [0, 0.05) is 0 Å². The van der Waals surface area contributed by atoms with E-state index in [0.29, 0.717) is 0 Å². The fraction of sp³-hybridized carbons (Fsp3) is 0.205. The second-order valence-corrected chi connectivity index (χ2v) is 16.3. The number of rotatable bonds is 5. The van der Waals surface area contributed by atoms with Gasteiger partial charge in [0.2, 0.25) is 0 Å². The topological polar surface area (TPSA) is 9.23 Å². The number of allylic oxidation sites excluding steroid dienone is 5. The van der Waals surface area contributed by atoms with E-state index in [-0.39, 0.29) is 9.13 Å². The van der Waals surface area contributed by atoms with Crippen LogP contribution in [0.1, 0.15) is 66.6 Å². The third-order valence-electron chi connectivity index (χ3n) is 8.41.